The molecule has 0 radical (unpaired) electrons. The van der Waals surface area contributed by atoms with Crippen molar-refractivity contribution in [2.45, 2.75) is 44.6 Å². The Labute approximate surface area is 228 Å². The Morgan fingerprint density at radius 2 is 1.71 bits per heavy atom. The number of nitrogens with one attached hydrogen (secondary N) is 2. The number of unbranched alkanes of at least 4 members (excludes halogenated alkanes) is 1. The van der Waals surface area contributed by atoms with Crippen molar-refractivity contribution in [1.82, 2.24) is 9.88 Å². The van der Waals surface area contributed by atoms with Crippen LogP contribution in [0.3, 0.4) is 0 Å². The number of anilines is 1. The standard InChI is InChI=1S/C31H35N3O3S/c1-3-5-8-23-11-15-25(16-12-23)33-30(35)22-38-29-21-34(28-10-7-6-9-27(28)29)20-19-32-31(36)24-13-17-26(18-14-24)37-4-2/h6-7,9-18,21H,3-5,8,19-20,22H2,1-2H3,(H,32,36)(H,33,35). The molecule has 4 rings (SSSR count). The molecule has 1 aromatic heterocycles. The highest BCUT2D eigenvalue weighted by Crippen LogP contribution is 2.30. The van der Waals surface area contributed by atoms with Crippen molar-refractivity contribution in [2.75, 3.05) is 24.2 Å². The van der Waals surface area contributed by atoms with Gasteiger partial charge in [-0.3, -0.25) is 9.59 Å². The number of fused-ring (bicyclic) bond motifs is 1. The molecule has 0 spiro atoms. The molecule has 2 N–H and O–H groups in total. The third kappa shape index (κ3) is 7.42. The summed E-state index contributed by atoms with van der Waals surface area (Å²) in [5.41, 5.74) is 3.79. The minimum absolute atomic E-state index is 0.0317. The molecule has 3 aromatic carbocycles. The van der Waals surface area contributed by atoms with Gasteiger partial charge in [-0.25, -0.2) is 0 Å². The molecule has 4 aromatic rings. The largest absolute Gasteiger partial charge is 0.494 e. The zero-order chi connectivity index (χ0) is 26.7. The number of hydrogen-bond acceptors (Lipinski definition) is 4. The van der Waals surface area contributed by atoms with Crippen LogP contribution in [0.25, 0.3) is 10.9 Å². The Morgan fingerprint density at radius 1 is 0.947 bits per heavy atom. The molecule has 0 unspecified atom stereocenters. The summed E-state index contributed by atoms with van der Waals surface area (Å²) in [6.45, 7) is 5.82. The first-order valence-electron chi connectivity index (χ1n) is 13.2. The monoisotopic (exact) mass is 529 g/mol. The van der Waals surface area contributed by atoms with E-state index >= 15 is 0 Å². The van der Waals surface area contributed by atoms with Gasteiger partial charge in [-0.1, -0.05) is 43.7 Å². The van der Waals surface area contributed by atoms with Gasteiger partial charge in [-0.15, -0.1) is 11.8 Å². The highest BCUT2D eigenvalue weighted by atomic mass is 32.2. The normalized spacial score (nSPS) is 10.9. The summed E-state index contributed by atoms with van der Waals surface area (Å²) in [5, 5.41) is 7.10. The molecule has 0 aliphatic carbocycles. The molecule has 0 saturated heterocycles. The Balaban J connectivity index is 1.32. The van der Waals surface area contributed by atoms with Crippen molar-refractivity contribution < 1.29 is 14.3 Å². The average molecular weight is 530 g/mol. The summed E-state index contributed by atoms with van der Waals surface area (Å²) in [5.74, 6) is 0.923. The van der Waals surface area contributed by atoms with E-state index in [-0.39, 0.29) is 11.8 Å². The second-order valence-electron chi connectivity index (χ2n) is 9.05. The van der Waals surface area contributed by atoms with Crippen molar-refractivity contribution >= 4 is 40.2 Å². The van der Waals surface area contributed by atoms with Gasteiger partial charge in [0.2, 0.25) is 5.91 Å². The maximum absolute atomic E-state index is 12.6. The highest BCUT2D eigenvalue weighted by molar-refractivity contribution is 8.00. The molecule has 0 aliphatic heterocycles. The van der Waals surface area contributed by atoms with Gasteiger partial charge in [0.15, 0.2) is 0 Å². The minimum Gasteiger partial charge on any atom is -0.494 e. The number of ether oxygens (including phenoxy) is 1. The Bertz CT molecular complexity index is 1350. The van der Waals surface area contributed by atoms with E-state index in [0.29, 0.717) is 31.0 Å². The van der Waals surface area contributed by atoms with Crippen molar-refractivity contribution in [3.05, 3.63) is 90.1 Å². The van der Waals surface area contributed by atoms with Gasteiger partial charge in [0.25, 0.3) is 5.91 Å². The molecule has 7 heteroatoms. The smallest absolute Gasteiger partial charge is 0.251 e. The number of hydrogen-bond donors (Lipinski definition) is 2. The summed E-state index contributed by atoms with van der Waals surface area (Å²) < 4.78 is 7.57. The predicted octanol–water partition coefficient (Wildman–Crippen LogP) is 6.54. The zero-order valence-corrected chi connectivity index (χ0v) is 22.9. The Kier molecular flexibility index (Phi) is 9.87. The molecule has 0 aliphatic rings. The van der Waals surface area contributed by atoms with Crippen LogP contribution in [0.15, 0.2) is 83.9 Å². The van der Waals surface area contributed by atoms with Crippen LogP contribution in [0.2, 0.25) is 0 Å². The second-order valence-corrected chi connectivity index (χ2v) is 10.1. The predicted molar refractivity (Wildman–Crippen MR) is 156 cm³/mol. The van der Waals surface area contributed by atoms with Crippen molar-refractivity contribution in [2.24, 2.45) is 0 Å². The molecule has 1 heterocycles. The summed E-state index contributed by atoms with van der Waals surface area (Å²) >= 11 is 1.52. The Morgan fingerprint density at radius 3 is 2.45 bits per heavy atom. The van der Waals surface area contributed by atoms with Gasteiger partial charge in [0.1, 0.15) is 5.75 Å². The van der Waals surface area contributed by atoms with Crippen molar-refractivity contribution in [3.8, 4) is 5.75 Å². The van der Waals surface area contributed by atoms with Crippen LogP contribution in [-0.2, 0) is 17.8 Å². The molecule has 6 nitrogen and oxygen atoms in total. The van der Waals surface area contributed by atoms with Gasteiger partial charge in [-0.2, -0.15) is 0 Å². The van der Waals surface area contributed by atoms with Gasteiger partial charge in [0.05, 0.1) is 12.4 Å². The molecule has 0 fully saturated rings. The lowest BCUT2D eigenvalue weighted by Crippen LogP contribution is -2.27. The Hall–Kier alpha value is -3.71. The van der Waals surface area contributed by atoms with Crippen molar-refractivity contribution in [1.29, 1.82) is 0 Å². The number of thioether (sulfide) groups is 1. The van der Waals surface area contributed by atoms with E-state index < -0.39 is 0 Å². The molecule has 0 atom stereocenters. The number of aromatic nitrogens is 1. The topological polar surface area (TPSA) is 72.4 Å². The van der Waals surface area contributed by atoms with Gasteiger partial charge in [0, 0.05) is 46.3 Å². The van der Waals surface area contributed by atoms with Crippen LogP contribution < -0.4 is 15.4 Å². The van der Waals surface area contributed by atoms with E-state index in [1.54, 1.807) is 24.3 Å². The number of benzene rings is 3. The van der Waals surface area contributed by atoms with Crippen LogP contribution in [0.5, 0.6) is 5.75 Å². The first-order valence-corrected chi connectivity index (χ1v) is 14.2. The van der Waals surface area contributed by atoms with E-state index in [9.17, 15) is 9.59 Å². The fourth-order valence-electron chi connectivity index (χ4n) is 4.25. The molecule has 38 heavy (non-hydrogen) atoms. The zero-order valence-electron chi connectivity index (χ0n) is 22.0. The first-order chi connectivity index (χ1) is 18.6. The maximum Gasteiger partial charge on any atom is 0.251 e. The molecule has 0 bridgehead atoms. The van der Waals surface area contributed by atoms with E-state index in [4.69, 9.17) is 4.74 Å². The molecular weight excluding hydrogens is 494 g/mol. The number of rotatable bonds is 13. The van der Waals surface area contributed by atoms with E-state index in [2.05, 4.69) is 52.6 Å². The lowest BCUT2D eigenvalue weighted by atomic mass is 10.1. The molecule has 198 valence electrons. The average Bonchev–Trinajstić information content (AvgIpc) is 3.29. The van der Waals surface area contributed by atoms with Crippen LogP contribution >= 0.6 is 11.8 Å². The van der Waals surface area contributed by atoms with Gasteiger partial charge in [-0.05, 0) is 67.8 Å². The molecule has 2 amide bonds. The molecular formula is C31H35N3O3S. The summed E-state index contributed by atoms with van der Waals surface area (Å²) in [6.07, 6.45) is 5.47. The fourth-order valence-corrected chi connectivity index (χ4v) is 5.14. The summed E-state index contributed by atoms with van der Waals surface area (Å²) in [6, 6.07) is 23.4. The number of aryl methyl sites for hydroxylation is 1. The third-order valence-electron chi connectivity index (χ3n) is 6.23. The van der Waals surface area contributed by atoms with E-state index in [1.807, 2.05) is 31.2 Å². The number of nitrogens with zero attached hydrogens (tertiary/aromatic N) is 1. The van der Waals surface area contributed by atoms with E-state index in [1.165, 1.54) is 30.2 Å². The highest BCUT2D eigenvalue weighted by Gasteiger charge is 2.12. The number of amides is 2. The SMILES string of the molecule is CCCCc1ccc(NC(=O)CSc2cn(CCNC(=O)c3ccc(OCC)cc3)c3ccccc23)cc1. The summed E-state index contributed by atoms with van der Waals surface area (Å²) in [7, 11) is 0. The van der Waals surface area contributed by atoms with E-state index in [0.717, 1.165) is 33.7 Å². The fraction of sp³-hybridized carbons (Fsp3) is 0.290. The quantitative estimate of drug-likeness (QED) is 0.193. The lowest BCUT2D eigenvalue weighted by Gasteiger charge is -2.08. The van der Waals surface area contributed by atoms with Crippen molar-refractivity contribution in [3.63, 3.8) is 0 Å². The summed E-state index contributed by atoms with van der Waals surface area (Å²) in [4.78, 5) is 26.2. The number of carbonyl (C=O) groups is 2. The van der Waals surface area contributed by atoms with Crippen LogP contribution in [-0.4, -0.2) is 35.3 Å². The second kappa shape index (κ2) is 13.7. The van der Waals surface area contributed by atoms with Crippen LogP contribution in [0, 0.1) is 0 Å². The first kappa shape index (κ1) is 27.3. The van der Waals surface area contributed by atoms with Gasteiger partial charge < -0.3 is 19.9 Å². The van der Waals surface area contributed by atoms with Crippen LogP contribution in [0.1, 0.15) is 42.6 Å². The van der Waals surface area contributed by atoms with Crippen LogP contribution in [0.4, 0.5) is 5.69 Å². The number of para-hydroxylation sites is 1. The molecule has 0 saturated carbocycles. The lowest BCUT2D eigenvalue weighted by molar-refractivity contribution is -0.113. The third-order valence-corrected chi connectivity index (χ3v) is 7.28. The number of carbonyl (C=O) groups excluding carboxylic acids is 2. The van der Waals surface area contributed by atoms with Gasteiger partial charge >= 0.3 is 0 Å². The minimum atomic E-state index is -0.117. The maximum atomic E-state index is 12.6.